The fourth-order valence-electron chi connectivity index (χ4n) is 3.28. The van der Waals surface area contributed by atoms with E-state index >= 15 is 0 Å². The molecule has 1 amide bonds. The van der Waals surface area contributed by atoms with Crippen molar-refractivity contribution in [3.8, 4) is 0 Å². The minimum absolute atomic E-state index is 0.00993. The Labute approximate surface area is 190 Å². The van der Waals surface area contributed by atoms with Gasteiger partial charge in [-0.25, -0.2) is 4.99 Å². The summed E-state index contributed by atoms with van der Waals surface area (Å²) in [6.07, 6.45) is 2.39. The Balaban J connectivity index is 1.65. The van der Waals surface area contributed by atoms with Crippen LogP contribution in [0.2, 0.25) is 0 Å². The van der Waals surface area contributed by atoms with E-state index in [1.165, 1.54) is 23.9 Å². The predicted octanol–water partition coefficient (Wildman–Crippen LogP) is 5.75. The van der Waals surface area contributed by atoms with Crippen LogP contribution in [0.4, 0.5) is 11.4 Å². The molecular formula is C25H21N3O3S. The van der Waals surface area contributed by atoms with Crippen molar-refractivity contribution in [1.29, 1.82) is 0 Å². The van der Waals surface area contributed by atoms with E-state index in [2.05, 4.69) is 0 Å². The molecule has 0 aromatic heterocycles. The average molecular weight is 444 g/mol. The third kappa shape index (κ3) is 5.12. The maximum atomic E-state index is 13.2. The third-order valence-corrected chi connectivity index (χ3v) is 6.00. The Bertz CT molecular complexity index is 1200. The van der Waals surface area contributed by atoms with Gasteiger partial charge in [0.05, 0.1) is 15.5 Å². The zero-order valence-corrected chi connectivity index (χ0v) is 18.3. The Hall–Kier alpha value is -3.71. The van der Waals surface area contributed by atoms with Gasteiger partial charge in [-0.15, -0.1) is 0 Å². The summed E-state index contributed by atoms with van der Waals surface area (Å²) in [4.78, 5) is 30.8. The Kier molecular flexibility index (Phi) is 6.47. The van der Waals surface area contributed by atoms with Gasteiger partial charge >= 0.3 is 0 Å². The number of rotatable bonds is 6. The Morgan fingerprint density at radius 2 is 1.78 bits per heavy atom. The fraction of sp³-hybridized carbons (Fsp3) is 0.120. The first-order chi connectivity index (χ1) is 15.5. The summed E-state index contributed by atoms with van der Waals surface area (Å²) >= 11 is 1.29. The van der Waals surface area contributed by atoms with Crippen molar-refractivity contribution in [1.82, 2.24) is 4.90 Å². The molecule has 0 spiro atoms. The van der Waals surface area contributed by atoms with Gasteiger partial charge in [0.25, 0.3) is 11.6 Å². The van der Waals surface area contributed by atoms with Crippen molar-refractivity contribution < 1.29 is 9.72 Å². The molecule has 0 saturated carbocycles. The van der Waals surface area contributed by atoms with E-state index in [1.54, 1.807) is 23.1 Å². The zero-order chi connectivity index (χ0) is 22.5. The molecule has 1 aliphatic rings. The first kappa shape index (κ1) is 21.5. The third-order valence-electron chi connectivity index (χ3n) is 4.99. The van der Waals surface area contributed by atoms with Crippen LogP contribution in [0.15, 0.2) is 88.8 Å². The number of benzene rings is 3. The van der Waals surface area contributed by atoms with Gasteiger partial charge in [0.15, 0.2) is 5.17 Å². The highest BCUT2D eigenvalue weighted by Gasteiger charge is 2.33. The van der Waals surface area contributed by atoms with Crippen LogP contribution in [-0.2, 0) is 11.2 Å². The number of aliphatic imine (C=N–C) groups is 1. The summed E-state index contributed by atoms with van der Waals surface area (Å²) in [5, 5.41) is 11.7. The molecule has 1 heterocycles. The lowest BCUT2D eigenvalue weighted by atomic mass is 10.1. The number of amidine groups is 1. The van der Waals surface area contributed by atoms with E-state index in [0.717, 1.165) is 16.8 Å². The normalized spacial score (nSPS) is 16.2. The smallest absolute Gasteiger partial charge is 0.270 e. The van der Waals surface area contributed by atoms with Gasteiger partial charge in [-0.3, -0.25) is 19.8 Å². The summed E-state index contributed by atoms with van der Waals surface area (Å²) in [6, 6.07) is 24.0. The lowest BCUT2D eigenvalue weighted by Gasteiger charge is -2.15. The maximum absolute atomic E-state index is 13.2. The molecule has 0 aliphatic carbocycles. The quantitative estimate of drug-likeness (QED) is 0.276. The molecule has 32 heavy (non-hydrogen) atoms. The summed E-state index contributed by atoms with van der Waals surface area (Å²) in [5.41, 5.74) is 3.64. The Morgan fingerprint density at radius 3 is 2.50 bits per heavy atom. The molecule has 1 fully saturated rings. The number of carbonyl (C=O) groups excluding carboxylic acids is 1. The number of nitro benzene ring substituents is 1. The lowest BCUT2D eigenvalue weighted by molar-refractivity contribution is -0.384. The highest BCUT2D eigenvalue weighted by atomic mass is 32.2. The molecule has 4 rings (SSSR count). The zero-order valence-electron chi connectivity index (χ0n) is 17.5. The molecule has 1 aliphatic heterocycles. The van der Waals surface area contributed by atoms with Crippen molar-refractivity contribution in [2.45, 2.75) is 13.3 Å². The monoisotopic (exact) mass is 443 g/mol. The topological polar surface area (TPSA) is 75.8 Å². The van der Waals surface area contributed by atoms with Gasteiger partial charge in [-0.1, -0.05) is 60.2 Å². The van der Waals surface area contributed by atoms with Gasteiger partial charge in [0, 0.05) is 18.7 Å². The molecule has 7 heteroatoms. The number of hydrogen-bond donors (Lipinski definition) is 0. The van der Waals surface area contributed by atoms with Crippen LogP contribution in [-0.4, -0.2) is 27.4 Å². The molecule has 1 saturated heterocycles. The molecule has 3 aromatic carbocycles. The second kappa shape index (κ2) is 9.62. The fourth-order valence-corrected chi connectivity index (χ4v) is 4.31. The van der Waals surface area contributed by atoms with E-state index in [0.29, 0.717) is 28.6 Å². The highest BCUT2D eigenvalue weighted by molar-refractivity contribution is 8.18. The molecule has 160 valence electrons. The van der Waals surface area contributed by atoms with E-state index in [-0.39, 0.29) is 11.6 Å². The van der Waals surface area contributed by atoms with Crippen LogP contribution in [0.25, 0.3) is 6.08 Å². The van der Waals surface area contributed by atoms with E-state index in [9.17, 15) is 14.9 Å². The van der Waals surface area contributed by atoms with Crippen LogP contribution in [0.5, 0.6) is 0 Å². The second-order valence-electron chi connectivity index (χ2n) is 7.39. The van der Waals surface area contributed by atoms with Gasteiger partial charge < -0.3 is 0 Å². The van der Waals surface area contributed by atoms with Crippen molar-refractivity contribution in [3.63, 3.8) is 0 Å². The molecule has 6 nitrogen and oxygen atoms in total. The van der Waals surface area contributed by atoms with Crippen LogP contribution in [0.3, 0.4) is 0 Å². The molecule has 0 radical (unpaired) electrons. The number of nitrogens with zero attached hydrogens (tertiary/aromatic N) is 3. The van der Waals surface area contributed by atoms with E-state index in [4.69, 9.17) is 4.99 Å². The van der Waals surface area contributed by atoms with Crippen LogP contribution in [0.1, 0.15) is 16.7 Å². The van der Waals surface area contributed by atoms with E-state index in [1.807, 2.05) is 61.5 Å². The number of hydrogen-bond acceptors (Lipinski definition) is 5. The number of carbonyl (C=O) groups is 1. The van der Waals surface area contributed by atoms with Gasteiger partial charge in [0.1, 0.15) is 0 Å². The molecule has 0 unspecified atom stereocenters. The first-order valence-electron chi connectivity index (χ1n) is 10.1. The standard InChI is InChI=1S/C25H21N3O3S/c1-18-10-12-21(13-11-18)26-25-27(15-14-19-6-3-2-4-7-19)24(29)23(32-25)17-20-8-5-9-22(16-20)28(30)31/h2-13,16-17H,14-15H2,1H3/b23-17+,26-25?. The van der Waals surface area contributed by atoms with Crippen molar-refractivity contribution in [2.24, 2.45) is 4.99 Å². The molecule has 3 aromatic rings. The molecule has 0 atom stereocenters. The molecular weight excluding hydrogens is 422 g/mol. The summed E-state index contributed by atoms with van der Waals surface area (Å²) in [6.45, 7) is 2.50. The largest absolute Gasteiger partial charge is 0.286 e. The van der Waals surface area contributed by atoms with Gasteiger partial charge in [-0.05, 0) is 54.4 Å². The average Bonchev–Trinajstić information content (AvgIpc) is 3.08. The van der Waals surface area contributed by atoms with Crippen LogP contribution >= 0.6 is 11.8 Å². The van der Waals surface area contributed by atoms with Crippen molar-refractivity contribution in [3.05, 3.63) is 111 Å². The maximum Gasteiger partial charge on any atom is 0.270 e. The summed E-state index contributed by atoms with van der Waals surface area (Å²) in [7, 11) is 0. The highest BCUT2D eigenvalue weighted by Crippen LogP contribution is 2.34. The predicted molar refractivity (Wildman–Crippen MR) is 129 cm³/mol. The van der Waals surface area contributed by atoms with Crippen LogP contribution in [0, 0.1) is 17.0 Å². The first-order valence-corrected chi connectivity index (χ1v) is 11.0. The van der Waals surface area contributed by atoms with Crippen molar-refractivity contribution in [2.75, 3.05) is 6.54 Å². The number of amides is 1. The van der Waals surface area contributed by atoms with Crippen LogP contribution < -0.4 is 0 Å². The SMILES string of the molecule is Cc1ccc(N=C2S/C(=C/c3cccc([N+](=O)[O-])c3)C(=O)N2CCc2ccccc2)cc1. The van der Waals surface area contributed by atoms with Crippen molar-refractivity contribution >= 4 is 40.3 Å². The minimum atomic E-state index is -0.442. The summed E-state index contributed by atoms with van der Waals surface area (Å²) < 4.78 is 0. The minimum Gasteiger partial charge on any atom is -0.286 e. The number of thioether (sulfide) groups is 1. The molecule has 0 bridgehead atoms. The number of non-ortho nitro benzene ring substituents is 1. The number of nitro groups is 1. The van der Waals surface area contributed by atoms with Gasteiger partial charge in [-0.2, -0.15) is 0 Å². The van der Waals surface area contributed by atoms with E-state index < -0.39 is 4.92 Å². The second-order valence-corrected chi connectivity index (χ2v) is 8.39. The summed E-state index contributed by atoms with van der Waals surface area (Å²) in [5.74, 6) is -0.150. The Morgan fingerprint density at radius 1 is 1.03 bits per heavy atom. The lowest BCUT2D eigenvalue weighted by Crippen LogP contribution is -2.31. The number of aryl methyl sites for hydroxylation is 1. The molecule has 0 N–H and O–H groups in total. The van der Waals surface area contributed by atoms with Gasteiger partial charge in [0.2, 0.25) is 0 Å².